The number of hydrogen-bond donors (Lipinski definition) is 1. The predicted molar refractivity (Wildman–Crippen MR) is 70.5 cm³/mol. The van der Waals surface area contributed by atoms with Gasteiger partial charge in [0.15, 0.2) is 0 Å². The first kappa shape index (κ1) is 13.2. The minimum absolute atomic E-state index is 0.00745. The second-order valence-corrected chi connectivity index (χ2v) is 5.15. The van der Waals surface area contributed by atoms with E-state index in [4.69, 9.17) is 0 Å². The van der Waals surface area contributed by atoms with E-state index in [-0.39, 0.29) is 11.9 Å². The lowest BCUT2D eigenvalue weighted by Gasteiger charge is -2.20. The fraction of sp³-hybridized carbons (Fsp3) is 0.462. The molecule has 0 aliphatic heterocycles. The Balaban J connectivity index is 2.68. The van der Waals surface area contributed by atoms with Crippen LogP contribution < -0.4 is 5.32 Å². The van der Waals surface area contributed by atoms with Crippen LogP contribution in [-0.2, 0) is 0 Å². The highest BCUT2D eigenvalue weighted by Crippen LogP contribution is 2.12. The number of benzene rings is 1. The van der Waals surface area contributed by atoms with E-state index in [9.17, 15) is 4.79 Å². The molecule has 0 saturated carbocycles. The molecule has 0 radical (unpaired) electrons. The third-order valence-corrected chi connectivity index (χ3v) is 3.20. The summed E-state index contributed by atoms with van der Waals surface area (Å²) in [5.41, 5.74) is 0.710. The van der Waals surface area contributed by atoms with Crippen LogP contribution in [-0.4, -0.2) is 11.9 Å². The van der Waals surface area contributed by atoms with Gasteiger partial charge in [-0.05, 0) is 36.6 Å². The monoisotopic (exact) mass is 283 g/mol. The average molecular weight is 284 g/mol. The molecule has 1 rings (SSSR count). The van der Waals surface area contributed by atoms with Gasteiger partial charge >= 0.3 is 0 Å². The van der Waals surface area contributed by atoms with Crippen LogP contribution in [0.1, 0.15) is 37.6 Å². The Morgan fingerprint density at radius 2 is 1.88 bits per heavy atom. The van der Waals surface area contributed by atoms with E-state index in [1.165, 1.54) is 0 Å². The standard InChI is InChI=1S/C13H18BrNO/c1-4-12(9(2)3)15-13(16)10-5-7-11(14)8-6-10/h5-9,12H,4H2,1-3H3,(H,15,16)/t12-/m0/s1. The highest BCUT2D eigenvalue weighted by atomic mass is 79.9. The van der Waals surface area contributed by atoms with Gasteiger partial charge < -0.3 is 5.32 Å². The van der Waals surface area contributed by atoms with Crippen molar-refractivity contribution in [2.75, 3.05) is 0 Å². The second kappa shape index (κ2) is 6.04. The first-order valence-corrected chi connectivity index (χ1v) is 6.40. The van der Waals surface area contributed by atoms with Gasteiger partial charge in [0.2, 0.25) is 0 Å². The molecular formula is C13H18BrNO. The highest BCUT2D eigenvalue weighted by molar-refractivity contribution is 9.10. The Labute approximate surface area is 106 Å². The minimum Gasteiger partial charge on any atom is -0.349 e. The molecule has 0 spiro atoms. The Kier molecular flexibility index (Phi) is 5.00. The summed E-state index contributed by atoms with van der Waals surface area (Å²) in [7, 11) is 0. The summed E-state index contributed by atoms with van der Waals surface area (Å²) in [5.74, 6) is 0.470. The normalized spacial score (nSPS) is 12.6. The highest BCUT2D eigenvalue weighted by Gasteiger charge is 2.14. The zero-order chi connectivity index (χ0) is 12.1. The van der Waals surface area contributed by atoms with Crippen LogP contribution in [0.3, 0.4) is 0 Å². The Bertz CT molecular complexity index is 345. The number of hydrogen-bond acceptors (Lipinski definition) is 1. The van der Waals surface area contributed by atoms with Crippen molar-refractivity contribution in [2.24, 2.45) is 5.92 Å². The summed E-state index contributed by atoms with van der Waals surface area (Å²) in [5, 5.41) is 3.05. The maximum Gasteiger partial charge on any atom is 0.251 e. The van der Waals surface area contributed by atoms with Gasteiger partial charge in [0, 0.05) is 16.1 Å². The molecule has 0 fully saturated rings. The van der Waals surface area contributed by atoms with E-state index >= 15 is 0 Å². The zero-order valence-corrected chi connectivity index (χ0v) is 11.5. The molecule has 1 amide bonds. The predicted octanol–water partition coefficient (Wildman–Crippen LogP) is 3.61. The van der Waals surface area contributed by atoms with Gasteiger partial charge in [-0.1, -0.05) is 36.7 Å². The Morgan fingerprint density at radius 3 is 2.31 bits per heavy atom. The maximum atomic E-state index is 11.9. The molecule has 0 aliphatic rings. The molecule has 1 aromatic carbocycles. The van der Waals surface area contributed by atoms with Gasteiger partial charge in [0.1, 0.15) is 0 Å². The van der Waals surface area contributed by atoms with Crippen LogP contribution in [0.2, 0.25) is 0 Å². The van der Waals surface area contributed by atoms with Crippen molar-refractivity contribution in [1.82, 2.24) is 5.32 Å². The van der Waals surface area contributed by atoms with E-state index in [1.807, 2.05) is 24.3 Å². The van der Waals surface area contributed by atoms with Crippen molar-refractivity contribution in [3.63, 3.8) is 0 Å². The molecule has 0 bridgehead atoms. The SMILES string of the molecule is CC[C@H](NC(=O)c1ccc(Br)cc1)C(C)C. The lowest BCUT2D eigenvalue weighted by Crippen LogP contribution is -2.37. The van der Waals surface area contributed by atoms with Gasteiger partial charge in [-0.3, -0.25) is 4.79 Å². The molecule has 1 atom stereocenters. The largest absolute Gasteiger partial charge is 0.349 e. The molecule has 1 N–H and O–H groups in total. The number of carbonyl (C=O) groups is 1. The van der Waals surface area contributed by atoms with E-state index in [0.717, 1.165) is 10.9 Å². The minimum atomic E-state index is 0.00745. The van der Waals surface area contributed by atoms with Crippen LogP contribution in [0.5, 0.6) is 0 Å². The molecule has 0 saturated heterocycles. The fourth-order valence-corrected chi connectivity index (χ4v) is 1.86. The lowest BCUT2D eigenvalue weighted by molar-refractivity contribution is 0.0924. The Hall–Kier alpha value is -0.830. The van der Waals surface area contributed by atoms with Crippen LogP contribution in [0.15, 0.2) is 28.7 Å². The van der Waals surface area contributed by atoms with Crippen molar-refractivity contribution in [3.05, 3.63) is 34.3 Å². The molecule has 0 aliphatic carbocycles. The number of carbonyl (C=O) groups excluding carboxylic acids is 1. The number of amides is 1. The van der Waals surface area contributed by atoms with Crippen LogP contribution >= 0.6 is 15.9 Å². The third kappa shape index (κ3) is 3.63. The molecule has 0 unspecified atom stereocenters. The lowest BCUT2D eigenvalue weighted by atomic mass is 10.0. The molecule has 3 heteroatoms. The molecule has 2 nitrogen and oxygen atoms in total. The molecular weight excluding hydrogens is 266 g/mol. The summed E-state index contributed by atoms with van der Waals surface area (Å²) < 4.78 is 0.986. The van der Waals surface area contributed by atoms with Crippen molar-refractivity contribution in [2.45, 2.75) is 33.2 Å². The summed E-state index contributed by atoms with van der Waals surface area (Å²) in [6.45, 7) is 6.33. The first-order valence-electron chi connectivity index (χ1n) is 5.61. The fourth-order valence-electron chi connectivity index (χ4n) is 1.59. The first-order chi connectivity index (χ1) is 7.54. The average Bonchev–Trinajstić information content (AvgIpc) is 2.26. The number of nitrogens with one attached hydrogen (secondary N) is 1. The van der Waals surface area contributed by atoms with Crippen molar-refractivity contribution in [3.8, 4) is 0 Å². The smallest absolute Gasteiger partial charge is 0.251 e. The van der Waals surface area contributed by atoms with Crippen molar-refractivity contribution < 1.29 is 4.79 Å². The van der Waals surface area contributed by atoms with E-state index in [2.05, 4.69) is 42.0 Å². The van der Waals surface area contributed by atoms with E-state index in [1.54, 1.807) is 0 Å². The van der Waals surface area contributed by atoms with Crippen molar-refractivity contribution in [1.29, 1.82) is 0 Å². The number of rotatable bonds is 4. The van der Waals surface area contributed by atoms with Crippen LogP contribution in [0, 0.1) is 5.92 Å². The summed E-state index contributed by atoms with van der Waals surface area (Å²) in [6.07, 6.45) is 0.958. The van der Waals surface area contributed by atoms with Gasteiger partial charge in [0.05, 0.1) is 0 Å². The molecule has 1 aromatic rings. The van der Waals surface area contributed by atoms with Gasteiger partial charge in [-0.25, -0.2) is 0 Å². The molecule has 16 heavy (non-hydrogen) atoms. The van der Waals surface area contributed by atoms with Crippen LogP contribution in [0.4, 0.5) is 0 Å². The van der Waals surface area contributed by atoms with Crippen LogP contribution in [0.25, 0.3) is 0 Å². The van der Waals surface area contributed by atoms with Crippen molar-refractivity contribution >= 4 is 21.8 Å². The maximum absolute atomic E-state index is 11.9. The number of halogens is 1. The summed E-state index contributed by atoms with van der Waals surface area (Å²) in [4.78, 5) is 11.9. The van der Waals surface area contributed by atoms with E-state index < -0.39 is 0 Å². The summed E-state index contributed by atoms with van der Waals surface area (Å²) >= 11 is 3.35. The van der Waals surface area contributed by atoms with E-state index in [0.29, 0.717) is 11.5 Å². The molecule has 0 heterocycles. The zero-order valence-electron chi connectivity index (χ0n) is 9.96. The Morgan fingerprint density at radius 1 is 1.31 bits per heavy atom. The van der Waals surface area contributed by atoms with Gasteiger partial charge in [-0.2, -0.15) is 0 Å². The molecule has 88 valence electrons. The quantitative estimate of drug-likeness (QED) is 0.899. The van der Waals surface area contributed by atoms with Gasteiger partial charge in [0.25, 0.3) is 5.91 Å². The summed E-state index contributed by atoms with van der Waals surface area (Å²) in [6, 6.07) is 7.66. The third-order valence-electron chi connectivity index (χ3n) is 2.67. The molecule has 0 aromatic heterocycles. The topological polar surface area (TPSA) is 29.1 Å². The van der Waals surface area contributed by atoms with Gasteiger partial charge in [-0.15, -0.1) is 0 Å². The second-order valence-electron chi connectivity index (χ2n) is 4.24.